The van der Waals surface area contributed by atoms with Gasteiger partial charge in [-0.15, -0.1) is 0 Å². The molecule has 0 amide bonds. The summed E-state index contributed by atoms with van der Waals surface area (Å²) in [5, 5.41) is 12.3. The average molecular weight is 202 g/mol. The van der Waals surface area contributed by atoms with Crippen molar-refractivity contribution in [1.29, 1.82) is 0 Å². The summed E-state index contributed by atoms with van der Waals surface area (Å²) in [6, 6.07) is 0. The Morgan fingerprint density at radius 3 is 3.07 bits per heavy atom. The summed E-state index contributed by atoms with van der Waals surface area (Å²) in [4.78, 5) is 2.28. The zero-order valence-electron chi connectivity index (χ0n) is 9.20. The average Bonchev–Trinajstić information content (AvgIpc) is 2.12. The molecule has 0 bridgehead atoms. The third-order valence-corrected chi connectivity index (χ3v) is 2.45. The van der Waals surface area contributed by atoms with Gasteiger partial charge in [0.2, 0.25) is 0 Å². The van der Waals surface area contributed by atoms with Gasteiger partial charge in [0.05, 0.1) is 18.8 Å². The van der Waals surface area contributed by atoms with Crippen molar-refractivity contribution >= 4 is 0 Å². The van der Waals surface area contributed by atoms with E-state index in [0.717, 1.165) is 39.2 Å². The van der Waals surface area contributed by atoms with Crippen LogP contribution in [0.3, 0.4) is 0 Å². The van der Waals surface area contributed by atoms with Crippen molar-refractivity contribution in [1.82, 2.24) is 10.2 Å². The minimum Gasteiger partial charge on any atom is -0.393 e. The Hall–Kier alpha value is -0.160. The Kier molecular flexibility index (Phi) is 5.40. The van der Waals surface area contributed by atoms with Crippen molar-refractivity contribution in [3.63, 3.8) is 0 Å². The van der Waals surface area contributed by atoms with Crippen LogP contribution in [0, 0.1) is 0 Å². The van der Waals surface area contributed by atoms with E-state index in [9.17, 15) is 0 Å². The number of nitrogens with zero attached hydrogens (tertiary/aromatic N) is 1. The Labute approximate surface area is 86.2 Å². The Bertz CT molecular complexity index is 153. The van der Waals surface area contributed by atoms with Crippen molar-refractivity contribution in [3.8, 4) is 0 Å². The van der Waals surface area contributed by atoms with Crippen LogP contribution in [0.25, 0.3) is 0 Å². The molecule has 0 aromatic carbocycles. The standard InChI is InChI=1S/C10H22N2O2/c1-9(13)3-4-11-7-10-8-12(2)5-6-14-10/h9-11,13H,3-8H2,1-2H3. The summed E-state index contributed by atoms with van der Waals surface area (Å²) in [6.45, 7) is 6.43. The second-order valence-corrected chi connectivity index (χ2v) is 4.10. The van der Waals surface area contributed by atoms with E-state index in [0.29, 0.717) is 6.10 Å². The van der Waals surface area contributed by atoms with Gasteiger partial charge in [0, 0.05) is 19.6 Å². The highest BCUT2D eigenvalue weighted by molar-refractivity contribution is 4.71. The highest BCUT2D eigenvalue weighted by Gasteiger charge is 2.16. The summed E-state index contributed by atoms with van der Waals surface area (Å²) in [6.07, 6.45) is 0.905. The van der Waals surface area contributed by atoms with E-state index in [1.807, 2.05) is 6.92 Å². The van der Waals surface area contributed by atoms with Gasteiger partial charge in [-0.3, -0.25) is 0 Å². The first-order chi connectivity index (χ1) is 6.68. The number of aliphatic hydroxyl groups is 1. The molecule has 1 heterocycles. The van der Waals surface area contributed by atoms with Gasteiger partial charge in [0.1, 0.15) is 0 Å². The van der Waals surface area contributed by atoms with E-state index in [1.165, 1.54) is 0 Å². The maximum absolute atomic E-state index is 9.05. The molecule has 0 spiro atoms. The Morgan fingerprint density at radius 1 is 1.64 bits per heavy atom. The van der Waals surface area contributed by atoms with Crippen LogP contribution >= 0.6 is 0 Å². The summed E-state index contributed by atoms with van der Waals surface area (Å²) < 4.78 is 5.59. The van der Waals surface area contributed by atoms with Gasteiger partial charge in [0.25, 0.3) is 0 Å². The molecule has 2 atom stereocenters. The highest BCUT2D eigenvalue weighted by Crippen LogP contribution is 2.01. The minimum absolute atomic E-state index is 0.211. The largest absolute Gasteiger partial charge is 0.393 e. The van der Waals surface area contributed by atoms with Crippen LogP contribution < -0.4 is 5.32 Å². The Balaban J connectivity index is 2.00. The number of likely N-dealkylation sites (N-methyl/N-ethyl adjacent to an activating group) is 1. The van der Waals surface area contributed by atoms with Crippen LogP contribution in [0.15, 0.2) is 0 Å². The number of ether oxygens (including phenoxy) is 1. The fraction of sp³-hybridized carbons (Fsp3) is 1.00. The monoisotopic (exact) mass is 202 g/mol. The first kappa shape index (κ1) is 11.9. The smallest absolute Gasteiger partial charge is 0.0826 e. The van der Waals surface area contributed by atoms with Crippen molar-refractivity contribution in [2.24, 2.45) is 0 Å². The Morgan fingerprint density at radius 2 is 2.43 bits per heavy atom. The lowest BCUT2D eigenvalue weighted by atomic mass is 10.2. The molecule has 4 heteroatoms. The molecule has 0 aromatic heterocycles. The van der Waals surface area contributed by atoms with Gasteiger partial charge in [0.15, 0.2) is 0 Å². The van der Waals surface area contributed by atoms with Gasteiger partial charge < -0.3 is 20.1 Å². The van der Waals surface area contributed by atoms with Gasteiger partial charge in [-0.05, 0) is 26.9 Å². The second-order valence-electron chi connectivity index (χ2n) is 4.10. The molecule has 1 fully saturated rings. The lowest BCUT2D eigenvalue weighted by molar-refractivity contribution is -0.0182. The summed E-state index contributed by atoms with van der Waals surface area (Å²) in [5.41, 5.74) is 0. The quantitative estimate of drug-likeness (QED) is 0.600. The third kappa shape index (κ3) is 4.91. The molecule has 0 radical (unpaired) electrons. The van der Waals surface area contributed by atoms with Crippen LogP contribution in [0.2, 0.25) is 0 Å². The molecule has 0 aliphatic carbocycles. The van der Waals surface area contributed by atoms with Crippen LogP contribution in [0.4, 0.5) is 0 Å². The predicted molar refractivity (Wildman–Crippen MR) is 56.4 cm³/mol. The van der Waals surface area contributed by atoms with Gasteiger partial charge in [-0.25, -0.2) is 0 Å². The fourth-order valence-electron chi connectivity index (χ4n) is 1.56. The van der Waals surface area contributed by atoms with Crippen molar-refractivity contribution < 1.29 is 9.84 Å². The molecule has 14 heavy (non-hydrogen) atoms. The van der Waals surface area contributed by atoms with E-state index < -0.39 is 0 Å². The van der Waals surface area contributed by atoms with Gasteiger partial charge in [-0.2, -0.15) is 0 Å². The van der Waals surface area contributed by atoms with E-state index in [4.69, 9.17) is 9.84 Å². The van der Waals surface area contributed by atoms with Crippen LogP contribution in [0.1, 0.15) is 13.3 Å². The maximum Gasteiger partial charge on any atom is 0.0826 e. The van der Waals surface area contributed by atoms with E-state index >= 15 is 0 Å². The molecule has 1 saturated heterocycles. The van der Waals surface area contributed by atoms with Gasteiger partial charge in [-0.1, -0.05) is 0 Å². The number of hydrogen-bond donors (Lipinski definition) is 2. The third-order valence-electron chi connectivity index (χ3n) is 2.45. The van der Waals surface area contributed by atoms with Crippen molar-refractivity contribution in [2.45, 2.75) is 25.6 Å². The zero-order valence-corrected chi connectivity index (χ0v) is 9.20. The minimum atomic E-state index is -0.211. The molecule has 4 nitrogen and oxygen atoms in total. The molecule has 1 aliphatic heterocycles. The van der Waals surface area contributed by atoms with Crippen molar-refractivity contribution in [2.75, 3.05) is 39.8 Å². The first-order valence-electron chi connectivity index (χ1n) is 5.37. The summed E-state index contributed by atoms with van der Waals surface area (Å²) >= 11 is 0. The molecule has 1 aliphatic rings. The van der Waals surface area contributed by atoms with Crippen molar-refractivity contribution in [3.05, 3.63) is 0 Å². The van der Waals surface area contributed by atoms with Gasteiger partial charge >= 0.3 is 0 Å². The lowest BCUT2D eigenvalue weighted by Crippen LogP contribution is -2.45. The summed E-state index contributed by atoms with van der Waals surface area (Å²) in [7, 11) is 2.12. The number of hydrogen-bond acceptors (Lipinski definition) is 4. The molecule has 0 saturated carbocycles. The first-order valence-corrected chi connectivity index (χ1v) is 5.37. The van der Waals surface area contributed by atoms with E-state index in [1.54, 1.807) is 0 Å². The number of rotatable bonds is 5. The number of aliphatic hydroxyl groups excluding tert-OH is 1. The molecule has 1 rings (SSSR count). The van der Waals surface area contributed by atoms with Crippen LogP contribution in [-0.2, 0) is 4.74 Å². The van der Waals surface area contributed by atoms with Crippen LogP contribution in [0.5, 0.6) is 0 Å². The predicted octanol–water partition coefficient (Wildman–Crippen LogP) is -0.322. The SMILES string of the molecule is CC(O)CCNCC1CN(C)CCO1. The zero-order chi connectivity index (χ0) is 10.4. The topological polar surface area (TPSA) is 44.7 Å². The number of nitrogens with one attached hydrogen (secondary N) is 1. The van der Waals surface area contributed by atoms with E-state index in [-0.39, 0.29) is 6.10 Å². The molecular weight excluding hydrogens is 180 g/mol. The second kappa shape index (κ2) is 6.35. The molecule has 2 N–H and O–H groups in total. The number of morpholine rings is 1. The highest BCUT2D eigenvalue weighted by atomic mass is 16.5. The van der Waals surface area contributed by atoms with E-state index in [2.05, 4.69) is 17.3 Å². The van der Waals surface area contributed by atoms with Crippen LogP contribution in [-0.4, -0.2) is 62.0 Å². The fourth-order valence-corrected chi connectivity index (χ4v) is 1.56. The molecule has 2 unspecified atom stereocenters. The normalized spacial score (nSPS) is 26.4. The molecular formula is C10H22N2O2. The summed E-state index contributed by atoms with van der Waals surface area (Å²) in [5.74, 6) is 0. The molecule has 0 aromatic rings. The lowest BCUT2D eigenvalue weighted by Gasteiger charge is -2.30. The maximum atomic E-state index is 9.05. The molecule has 84 valence electrons.